The van der Waals surface area contributed by atoms with E-state index in [2.05, 4.69) is 25.0 Å². The van der Waals surface area contributed by atoms with Crippen LogP contribution >= 0.6 is 11.6 Å². The molecule has 0 bridgehead atoms. The van der Waals surface area contributed by atoms with Gasteiger partial charge in [0.25, 0.3) is 5.56 Å². The zero-order chi connectivity index (χ0) is 17.8. The molecule has 0 unspecified atom stereocenters. The summed E-state index contributed by atoms with van der Waals surface area (Å²) in [4.78, 5) is 24.7. The maximum absolute atomic E-state index is 12.8. The Bertz CT molecular complexity index is 1120. The summed E-state index contributed by atoms with van der Waals surface area (Å²) in [5, 5.41) is 5.41. The summed E-state index contributed by atoms with van der Waals surface area (Å²) < 4.78 is 39.8. The average Bonchev–Trinajstić information content (AvgIpc) is 3.25. The van der Waals surface area contributed by atoms with E-state index in [1.54, 1.807) is 6.20 Å². The molecule has 12 heteroatoms. The summed E-state index contributed by atoms with van der Waals surface area (Å²) in [5.41, 5.74) is 0.709. The molecule has 0 fully saturated rings. The van der Waals surface area contributed by atoms with E-state index < -0.39 is 17.6 Å². The fraction of sp³-hybridized carbons (Fsp3) is 0.0769. The molecule has 0 spiro atoms. The topological polar surface area (TPSA) is 108 Å². The molecule has 4 heterocycles. The molecular formula is C13H7ClF3N7O. The molecule has 0 aliphatic carbocycles. The van der Waals surface area contributed by atoms with Crippen LogP contribution in [0.2, 0.25) is 5.02 Å². The van der Waals surface area contributed by atoms with Crippen molar-refractivity contribution < 1.29 is 13.2 Å². The lowest BCUT2D eigenvalue weighted by Gasteiger charge is -2.02. The molecule has 0 amide bonds. The van der Waals surface area contributed by atoms with Crippen molar-refractivity contribution in [2.75, 3.05) is 0 Å². The smallest absolute Gasteiger partial charge is 0.349 e. The Morgan fingerprint density at radius 1 is 1.24 bits per heavy atom. The standard InChI is InChI=1S/C13H7ClF3N7O/c14-5-3-6-7(20-11(5)25)9(24-2-1-18-4-24)8(19-6)10-21-12(23-22-10)13(15,16)17/h1-4,19H,(H,20,25)(H,21,22,23). The lowest BCUT2D eigenvalue weighted by molar-refractivity contribution is -0.144. The Morgan fingerprint density at radius 2 is 2.04 bits per heavy atom. The highest BCUT2D eigenvalue weighted by molar-refractivity contribution is 6.31. The van der Waals surface area contributed by atoms with E-state index in [1.807, 2.05) is 5.10 Å². The van der Waals surface area contributed by atoms with Gasteiger partial charge in [-0.25, -0.2) is 9.97 Å². The van der Waals surface area contributed by atoms with Crippen LogP contribution in [0.5, 0.6) is 0 Å². The first kappa shape index (κ1) is 15.4. The Labute approximate surface area is 140 Å². The van der Waals surface area contributed by atoms with Crippen molar-refractivity contribution in [2.24, 2.45) is 0 Å². The predicted octanol–water partition coefficient (Wildman–Crippen LogP) is 2.50. The van der Waals surface area contributed by atoms with Crippen molar-refractivity contribution in [2.45, 2.75) is 6.18 Å². The number of nitrogens with zero attached hydrogens (tertiary/aromatic N) is 4. The van der Waals surface area contributed by atoms with Gasteiger partial charge in [0.2, 0.25) is 5.82 Å². The number of halogens is 4. The van der Waals surface area contributed by atoms with Crippen molar-refractivity contribution >= 4 is 22.6 Å². The Hall–Kier alpha value is -3.08. The summed E-state index contributed by atoms with van der Waals surface area (Å²) in [6.07, 6.45) is -0.188. The molecule has 0 saturated carbocycles. The van der Waals surface area contributed by atoms with E-state index in [9.17, 15) is 18.0 Å². The van der Waals surface area contributed by atoms with Gasteiger partial charge in [-0.05, 0) is 6.07 Å². The number of aromatic nitrogens is 7. The third-order valence-electron chi connectivity index (χ3n) is 3.47. The fourth-order valence-corrected chi connectivity index (χ4v) is 2.58. The van der Waals surface area contributed by atoms with Gasteiger partial charge in [0.05, 0.1) is 23.0 Å². The number of nitrogens with one attached hydrogen (secondary N) is 3. The largest absolute Gasteiger partial charge is 0.451 e. The molecule has 4 rings (SSSR count). The van der Waals surface area contributed by atoms with Crippen molar-refractivity contribution in [3.05, 3.63) is 46.0 Å². The van der Waals surface area contributed by atoms with E-state index in [-0.39, 0.29) is 16.5 Å². The third-order valence-corrected chi connectivity index (χ3v) is 3.75. The molecule has 0 atom stereocenters. The number of rotatable bonds is 2. The van der Waals surface area contributed by atoms with Crippen LogP contribution in [0, 0.1) is 0 Å². The zero-order valence-electron chi connectivity index (χ0n) is 12.0. The van der Waals surface area contributed by atoms with Gasteiger partial charge in [-0.1, -0.05) is 11.6 Å². The van der Waals surface area contributed by atoms with Gasteiger partial charge in [-0.3, -0.25) is 9.89 Å². The van der Waals surface area contributed by atoms with E-state index in [1.165, 1.54) is 23.2 Å². The van der Waals surface area contributed by atoms with Gasteiger partial charge in [0, 0.05) is 12.4 Å². The Kier molecular flexibility index (Phi) is 3.22. The maximum Gasteiger partial charge on any atom is 0.451 e. The SMILES string of the molecule is O=c1[nH]c2c(-n3ccnc3)c(-c3n[nH]c(C(F)(F)F)n3)[nH]c2cc1Cl. The number of imidazole rings is 1. The van der Waals surface area contributed by atoms with E-state index in [4.69, 9.17) is 11.6 Å². The van der Waals surface area contributed by atoms with Crippen LogP contribution in [0.4, 0.5) is 13.2 Å². The minimum Gasteiger partial charge on any atom is -0.349 e. The molecule has 4 aromatic heterocycles. The van der Waals surface area contributed by atoms with Crippen LogP contribution in [0.15, 0.2) is 29.6 Å². The van der Waals surface area contributed by atoms with Crippen molar-refractivity contribution in [1.29, 1.82) is 0 Å². The van der Waals surface area contributed by atoms with Crippen LogP contribution < -0.4 is 5.56 Å². The minimum atomic E-state index is -4.66. The summed E-state index contributed by atoms with van der Waals surface area (Å²) >= 11 is 5.82. The van der Waals surface area contributed by atoms with E-state index in [0.29, 0.717) is 16.7 Å². The van der Waals surface area contributed by atoms with Crippen LogP contribution in [-0.2, 0) is 6.18 Å². The second kappa shape index (κ2) is 5.21. The van der Waals surface area contributed by atoms with Crippen molar-refractivity contribution in [1.82, 2.24) is 34.7 Å². The monoisotopic (exact) mass is 369 g/mol. The van der Waals surface area contributed by atoms with Gasteiger partial charge in [0.1, 0.15) is 10.7 Å². The normalized spacial score (nSPS) is 12.2. The molecule has 128 valence electrons. The second-order valence-electron chi connectivity index (χ2n) is 5.06. The molecule has 0 aliphatic rings. The highest BCUT2D eigenvalue weighted by atomic mass is 35.5. The van der Waals surface area contributed by atoms with Crippen LogP contribution in [0.3, 0.4) is 0 Å². The molecule has 8 nitrogen and oxygen atoms in total. The van der Waals surface area contributed by atoms with Crippen LogP contribution in [0.25, 0.3) is 28.2 Å². The first-order valence-electron chi connectivity index (χ1n) is 6.77. The third kappa shape index (κ3) is 2.48. The molecule has 3 N–H and O–H groups in total. The van der Waals surface area contributed by atoms with Gasteiger partial charge in [-0.15, -0.1) is 0 Å². The number of hydrogen-bond acceptors (Lipinski definition) is 4. The first-order chi connectivity index (χ1) is 11.8. The minimum absolute atomic E-state index is 0.0663. The zero-order valence-corrected chi connectivity index (χ0v) is 12.8. The number of alkyl halides is 3. The van der Waals surface area contributed by atoms with Crippen molar-refractivity contribution in [3.63, 3.8) is 0 Å². The lowest BCUT2D eigenvalue weighted by Crippen LogP contribution is -2.07. The fourth-order valence-electron chi connectivity index (χ4n) is 2.42. The van der Waals surface area contributed by atoms with Crippen molar-refractivity contribution in [3.8, 4) is 17.2 Å². The van der Waals surface area contributed by atoms with Gasteiger partial charge in [0.15, 0.2) is 5.82 Å². The van der Waals surface area contributed by atoms with E-state index in [0.717, 1.165) is 0 Å². The lowest BCUT2D eigenvalue weighted by atomic mass is 10.3. The molecule has 0 saturated heterocycles. The first-order valence-corrected chi connectivity index (χ1v) is 7.15. The molecule has 0 aliphatic heterocycles. The number of aromatic amines is 3. The highest BCUT2D eigenvalue weighted by Gasteiger charge is 2.36. The average molecular weight is 370 g/mol. The summed E-state index contributed by atoms with van der Waals surface area (Å²) in [6.45, 7) is 0. The van der Waals surface area contributed by atoms with Gasteiger partial charge < -0.3 is 14.5 Å². The van der Waals surface area contributed by atoms with Crippen LogP contribution in [0.1, 0.15) is 5.82 Å². The number of fused-ring (bicyclic) bond motifs is 1. The second-order valence-corrected chi connectivity index (χ2v) is 5.47. The van der Waals surface area contributed by atoms with Gasteiger partial charge in [-0.2, -0.15) is 18.3 Å². The molecule has 0 aromatic carbocycles. The molecule has 25 heavy (non-hydrogen) atoms. The molecular weight excluding hydrogens is 363 g/mol. The Balaban J connectivity index is 2.02. The van der Waals surface area contributed by atoms with E-state index >= 15 is 0 Å². The molecule has 0 radical (unpaired) electrons. The number of hydrogen-bond donors (Lipinski definition) is 3. The highest BCUT2D eigenvalue weighted by Crippen LogP contribution is 2.33. The molecule has 4 aromatic rings. The predicted molar refractivity (Wildman–Crippen MR) is 81.4 cm³/mol. The van der Waals surface area contributed by atoms with Crippen LogP contribution in [-0.4, -0.2) is 34.7 Å². The number of H-pyrrole nitrogens is 3. The van der Waals surface area contributed by atoms with Gasteiger partial charge >= 0.3 is 6.18 Å². The summed E-state index contributed by atoms with van der Waals surface area (Å²) in [6, 6.07) is 1.37. The summed E-state index contributed by atoms with van der Waals surface area (Å²) in [7, 11) is 0. The number of pyridine rings is 1. The Morgan fingerprint density at radius 3 is 2.68 bits per heavy atom. The summed E-state index contributed by atoms with van der Waals surface area (Å²) in [5.74, 6) is -1.45. The maximum atomic E-state index is 12.8. The quantitative estimate of drug-likeness (QED) is 0.504.